The lowest BCUT2D eigenvalue weighted by Gasteiger charge is -2.22. The van der Waals surface area contributed by atoms with E-state index in [-0.39, 0.29) is 17.0 Å². The average molecular weight is 282 g/mol. The van der Waals surface area contributed by atoms with E-state index in [1.54, 1.807) is 11.8 Å². The number of nitrogens with two attached hydrogens (primary N) is 1. The van der Waals surface area contributed by atoms with Gasteiger partial charge in [0.15, 0.2) is 0 Å². The molecular weight excluding hydrogens is 266 g/mol. The van der Waals surface area contributed by atoms with Gasteiger partial charge in [-0.1, -0.05) is 11.6 Å². The maximum atomic E-state index is 12.3. The molecular formula is C12H16ClN5O. The smallest absolute Gasteiger partial charge is 0.254 e. The Morgan fingerprint density at radius 3 is 2.89 bits per heavy atom. The number of nitriles is 1. The maximum absolute atomic E-state index is 12.3. The highest BCUT2D eigenvalue weighted by Gasteiger charge is 2.18. The van der Waals surface area contributed by atoms with E-state index in [9.17, 15) is 4.79 Å². The third kappa shape index (κ3) is 4.09. The molecule has 0 saturated heterocycles. The number of anilines is 1. The summed E-state index contributed by atoms with van der Waals surface area (Å²) in [7, 11) is 0. The van der Waals surface area contributed by atoms with E-state index in [0.717, 1.165) is 0 Å². The minimum atomic E-state index is -0.228. The van der Waals surface area contributed by atoms with Crippen molar-refractivity contribution in [3.05, 3.63) is 22.8 Å². The molecule has 1 atom stereocenters. The highest BCUT2D eigenvalue weighted by molar-refractivity contribution is 6.29. The minimum Gasteiger partial charge on any atom is -0.338 e. The molecule has 1 aromatic rings. The van der Waals surface area contributed by atoms with Crippen LogP contribution in [0.15, 0.2) is 12.1 Å². The lowest BCUT2D eigenvalue weighted by atomic mass is 10.1. The number of nitrogens with zero attached hydrogens (tertiary/aromatic N) is 3. The van der Waals surface area contributed by atoms with Crippen molar-refractivity contribution in [3.8, 4) is 6.07 Å². The molecule has 0 aliphatic rings. The fourth-order valence-electron chi connectivity index (χ4n) is 1.60. The van der Waals surface area contributed by atoms with Crippen molar-refractivity contribution in [3.63, 3.8) is 0 Å². The normalized spacial score (nSPS) is 11.5. The van der Waals surface area contributed by atoms with E-state index in [2.05, 4.69) is 16.5 Å². The van der Waals surface area contributed by atoms with Crippen molar-refractivity contribution in [2.45, 2.75) is 13.8 Å². The Balaban J connectivity index is 2.97. The Hall–Kier alpha value is -1.84. The number of nitrogens with one attached hydrogen (secondary N) is 1. The molecule has 0 radical (unpaired) electrons. The van der Waals surface area contributed by atoms with Crippen LogP contribution < -0.4 is 11.3 Å². The molecule has 1 rings (SSSR count). The topological polar surface area (TPSA) is 95.0 Å². The Bertz CT molecular complexity index is 499. The first kappa shape index (κ1) is 15.2. The van der Waals surface area contributed by atoms with E-state index in [4.69, 9.17) is 22.7 Å². The standard InChI is InChI=1S/C12H16ClN5O/c1-3-18(7-8(2)6-14)12(19)9-4-10(13)16-11(5-9)17-15/h4-5,8H,3,7,15H2,1-2H3,(H,16,17). The van der Waals surface area contributed by atoms with Gasteiger partial charge in [-0.2, -0.15) is 5.26 Å². The quantitative estimate of drug-likeness (QED) is 0.486. The zero-order valence-corrected chi connectivity index (χ0v) is 11.6. The number of halogens is 1. The molecule has 1 heterocycles. The molecule has 0 aromatic carbocycles. The number of carbonyl (C=O) groups is 1. The van der Waals surface area contributed by atoms with Gasteiger partial charge in [0.25, 0.3) is 5.91 Å². The molecule has 0 bridgehead atoms. The van der Waals surface area contributed by atoms with Crippen LogP contribution in [-0.2, 0) is 0 Å². The van der Waals surface area contributed by atoms with Crippen LogP contribution in [0.4, 0.5) is 5.82 Å². The third-order valence-corrected chi connectivity index (χ3v) is 2.77. The SMILES string of the molecule is CCN(CC(C)C#N)C(=O)c1cc(Cl)nc(NN)c1. The van der Waals surface area contributed by atoms with Crippen LogP contribution in [0.1, 0.15) is 24.2 Å². The van der Waals surface area contributed by atoms with Crippen molar-refractivity contribution >= 4 is 23.3 Å². The van der Waals surface area contributed by atoms with Crippen molar-refractivity contribution in [2.75, 3.05) is 18.5 Å². The van der Waals surface area contributed by atoms with Gasteiger partial charge in [0.2, 0.25) is 0 Å². The molecule has 1 aromatic heterocycles. The Morgan fingerprint density at radius 2 is 2.37 bits per heavy atom. The van der Waals surface area contributed by atoms with Crippen molar-refractivity contribution in [1.82, 2.24) is 9.88 Å². The summed E-state index contributed by atoms with van der Waals surface area (Å²) in [6, 6.07) is 5.10. The predicted molar refractivity (Wildman–Crippen MR) is 73.4 cm³/mol. The van der Waals surface area contributed by atoms with Gasteiger partial charge in [-0.3, -0.25) is 4.79 Å². The number of rotatable bonds is 5. The molecule has 0 saturated carbocycles. The Kier molecular flexibility index (Phi) is 5.55. The molecule has 102 valence electrons. The summed E-state index contributed by atoms with van der Waals surface area (Å²) in [4.78, 5) is 17.8. The second-order valence-electron chi connectivity index (χ2n) is 4.08. The fraction of sp³-hybridized carbons (Fsp3) is 0.417. The van der Waals surface area contributed by atoms with E-state index in [1.807, 2.05) is 6.92 Å². The predicted octanol–water partition coefficient (Wildman–Crippen LogP) is 1.64. The number of hydrogen-bond donors (Lipinski definition) is 2. The summed E-state index contributed by atoms with van der Waals surface area (Å²) in [5, 5.41) is 9.00. The van der Waals surface area contributed by atoms with Gasteiger partial charge in [0, 0.05) is 18.7 Å². The molecule has 0 aliphatic heterocycles. The van der Waals surface area contributed by atoms with Crippen molar-refractivity contribution in [1.29, 1.82) is 5.26 Å². The second kappa shape index (κ2) is 6.92. The molecule has 1 unspecified atom stereocenters. The zero-order chi connectivity index (χ0) is 14.4. The minimum absolute atomic E-state index is 0.184. The summed E-state index contributed by atoms with van der Waals surface area (Å²) in [5.41, 5.74) is 2.74. The van der Waals surface area contributed by atoms with Crippen LogP contribution >= 0.6 is 11.6 Å². The summed E-state index contributed by atoms with van der Waals surface area (Å²) >= 11 is 5.82. The molecule has 0 spiro atoms. The lowest BCUT2D eigenvalue weighted by Crippen LogP contribution is -2.34. The number of carbonyl (C=O) groups excluding carboxylic acids is 1. The second-order valence-corrected chi connectivity index (χ2v) is 4.47. The van der Waals surface area contributed by atoms with E-state index in [0.29, 0.717) is 24.5 Å². The number of hydrogen-bond acceptors (Lipinski definition) is 5. The van der Waals surface area contributed by atoms with Crippen molar-refractivity contribution in [2.24, 2.45) is 11.8 Å². The van der Waals surface area contributed by atoms with Crippen LogP contribution in [0.5, 0.6) is 0 Å². The van der Waals surface area contributed by atoms with E-state index < -0.39 is 0 Å². The number of nitrogen functional groups attached to an aromatic ring is 1. The largest absolute Gasteiger partial charge is 0.338 e. The Labute approximate surface area is 117 Å². The van der Waals surface area contributed by atoms with Gasteiger partial charge >= 0.3 is 0 Å². The molecule has 6 nitrogen and oxygen atoms in total. The monoisotopic (exact) mass is 281 g/mol. The molecule has 1 amide bonds. The molecule has 0 aliphatic carbocycles. The summed E-state index contributed by atoms with van der Waals surface area (Å²) in [6.07, 6.45) is 0. The van der Waals surface area contributed by atoms with E-state index >= 15 is 0 Å². The lowest BCUT2D eigenvalue weighted by molar-refractivity contribution is 0.0752. The first-order valence-electron chi connectivity index (χ1n) is 5.84. The molecule has 19 heavy (non-hydrogen) atoms. The third-order valence-electron chi connectivity index (χ3n) is 2.57. The highest BCUT2D eigenvalue weighted by atomic mass is 35.5. The highest BCUT2D eigenvalue weighted by Crippen LogP contribution is 2.16. The van der Waals surface area contributed by atoms with Gasteiger partial charge in [0.05, 0.1) is 12.0 Å². The van der Waals surface area contributed by atoms with Gasteiger partial charge in [-0.05, 0) is 26.0 Å². The Morgan fingerprint density at radius 1 is 1.68 bits per heavy atom. The van der Waals surface area contributed by atoms with Gasteiger partial charge in [0.1, 0.15) is 11.0 Å². The van der Waals surface area contributed by atoms with E-state index in [1.165, 1.54) is 12.1 Å². The fourth-order valence-corrected chi connectivity index (χ4v) is 1.81. The first-order valence-corrected chi connectivity index (χ1v) is 6.22. The van der Waals surface area contributed by atoms with Crippen LogP contribution in [-0.4, -0.2) is 28.9 Å². The zero-order valence-electron chi connectivity index (χ0n) is 10.9. The average Bonchev–Trinajstić information content (AvgIpc) is 2.42. The first-order chi connectivity index (χ1) is 9.01. The number of aromatic nitrogens is 1. The maximum Gasteiger partial charge on any atom is 0.254 e. The molecule has 0 fully saturated rings. The van der Waals surface area contributed by atoms with Gasteiger partial charge < -0.3 is 10.3 Å². The van der Waals surface area contributed by atoms with Gasteiger partial charge in [-0.15, -0.1) is 0 Å². The van der Waals surface area contributed by atoms with Crippen LogP contribution in [0, 0.1) is 17.2 Å². The summed E-state index contributed by atoms with van der Waals surface area (Å²) in [6.45, 7) is 4.50. The number of hydrazine groups is 1. The molecule has 3 N–H and O–H groups in total. The number of pyridine rings is 1. The van der Waals surface area contributed by atoms with Gasteiger partial charge in [-0.25, -0.2) is 10.8 Å². The van der Waals surface area contributed by atoms with Crippen LogP contribution in [0.25, 0.3) is 0 Å². The van der Waals surface area contributed by atoms with Crippen LogP contribution in [0.2, 0.25) is 5.15 Å². The van der Waals surface area contributed by atoms with Crippen molar-refractivity contribution < 1.29 is 4.79 Å². The van der Waals surface area contributed by atoms with Crippen LogP contribution in [0.3, 0.4) is 0 Å². The number of amides is 1. The summed E-state index contributed by atoms with van der Waals surface area (Å²) in [5.74, 6) is 5.15. The molecule has 7 heteroatoms. The summed E-state index contributed by atoms with van der Waals surface area (Å²) < 4.78 is 0.